The van der Waals surface area contributed by atoms with Crippen molar-refractivity contribution in [2.75, 3.05) is 13.2 Å². The van der Waals surface area contributed by atoms with Crippen LogP contribution in [0.5, 0.6) is 11.5 Å². The third-order valence-electron chi connectivity index (χ3n) is 3.30. The molecule has 26 heavy (non-hydrogen) atoms. The number of amides is 2. The highest BCUT2D eigenvalue weighted by Gasteiger charge is 2.10. The Bertz CT molecular complexity index is 812. The van der Waals surface area contributed by atoms with Gasteiger partial charge in [-0.25, -0.2) is 8.78 Å². The van der Waals surface area contributed by atoms with Crippen LogP contribution < -0.4 is 20.3 Å². The molecule has 0 radical (unpaired) electrons. The lowest BCUT2D eigenvalue weighted by Gasteiger charge is -2.11. The molecule has 0 aliphatic rings. The topological polar surface area (TPSA) is 76.7 Å². The standard InChI is InChI=1S/C18H18F2N2O4/c1-11-3-4-12(2)16(7-11)26-10-18(24)22-21-17(23)9-25-15-6-5-13(19)8-14(15)20/h3-8H,9-10H2,1-2H3,(H,21,23)(H,22,24). The van der Waals surface area contributed by atoms with Gasteiger partial charge in [-0.15, -0.1) is 0 Å². The van der Waals surface area contributed by atoms with E-state index in [1.165, 1.54) is 0 Å². The molecule has 0 atom stereocenters. The number of hydrogen-bond donors (Lipinski definition) is 2. The lowest BCUT2D eigenvalue weighted by molar-refractivity contribution is -0.131. The third-order valence-corrected chi connectivity index (χ3v) is 3.30. The number of carbonyl (C=O) groups excluding carboxylic acids is 2. The zero-order valence-corrected chi connectivity index (χ0v) is 14.3. The molecular weight excluding hydrogens is 346 g/mol. The van der Waals surface area contributed by atoms with E-state index in [9.17, 15) is 18.4 Å². The number of rotatable bonds is 6. The monoisotopic (exact) mass is 364 g/mol. The molecule has 0 aliphatic carbocycles. The van der Waals surface area contributed by atoms with Gasteiger partial charge in [0.05, 0.1) is 0 Å². The average Bonchev–Trinajstić information content (AvgIpc) is 2.60. The molecule has 2 rings (SSSR count). The van der Waals surface area contributed by atoms with Crippen molar-refractivity contribution in [3.63, 3.8) is 0 Å². The van der Waals surface area contributed by atoms with Crippen LogP contribution in [0.2, 0.25) is 0 Å². The van der Waals surface area contributed by atoms with E-state index in [1.54, 1.807) is 6.07 Å². The Morgan fingerprint density at radius 2 is 1.50 bits per heavy atom. The molecule has 138 valence electrons. The summed E-state index contributed by atoms with van der Waals surface area (Å²) in [7, 11) is 0. The largest absolute Gasteiger partial charge is 0.483 e. The van der Waals surface area contributed by atoms with Crippen molar-refractivity contribution in [1.82, 2.24) is 10.9 Å². The normalized spacial score (nSPS) is 10.2. The summed E-state index contributed by atoms with van der Waals surface area (Å²) in [4.78, 5) is 23.3. The molecule has 6 nitrogen and oxygen atoms in total. The van der Waals surface area contributed by atoms with E-state index >= 15 is 0 Å². The number of hydrazine groups is 1. The maximum atomic E-state index is 13.4. The Morgan fingerprint density at radius 3 is 2.12 bits per heavy atom. The molecule has 0 spiro atoms. The zero-order chi connectivity index (χ0) is 19.1. The molecule has 0 unspecified atom stereocenters. The van der Waals surface area contributed by atoms with Gasteiger partial charge in [0.25, 0.3) is 11.8 Å². The number of halogens is 2. The first-order chi connectivity index (χ1) is 12.3. The first-order valence-electron chi connectivity index (χ1n) is 7.70. The number of benzene rings is 2. The van der Waals surface area contributed by atoms with Crippen LogP contribution in [0.25, 0.3) is 0 Å². The predicted molar refractivity (Wildman–Crippen MR) is 89.5 cm³/mol. The minimum Gasteiger partial charge on any atom is -0.483 e. The van der Waals surface area contributed by atoms with Gasteiger partial charge in [-0.1, -0.05) is 12.1 Å². The number of ether oxygens (including phenoxy) is 2. The SMILES string of the molecule is Cc1ccc(C)c(OCC(=O)NNC(=O)COc2ccc(F)cc2F)c1. The molecule has 0 aromatic heterocycles. The van der Waals surface area contributed by atoms with Crippen molar-refractivity contribution in [2.45, 2.75) is 13.8 Å². The zero-order valence-electron chi connectivity index (χ0n) is 14.3. The molecule has 2 aromatic rings. The van der Waals surface area contributed by atoms with Crippen LogP contribution in [-0.2, 0) is 9.59 Å². The van der Waals surface area contributed by atoms with Crippen LogP contribution in [0.1, 0.15) is 11.1 Å². The highest BCUT2D eigenvalue weighted by molar-refractivity contribution is 5.83. The summed E-state index contributed by atoms with van der Waals surface area (Å²) in [5.74, 6) is -2.67. The van der Waals surface area contributed by atoms with Gasteiger partial charge in [0.2, 0.25) is 0 Å². The van der Waals surface area contributed by atoms with E-state index in [-0.39, 0.29) is 12.4 Å². The summed E-state index contributed by atoms with van der Waals surface area (Å²) >= 11 is 0. The fourth-order valence-electron chi connectivity index (χ4n) is 1.95. The molecule has 2 N–H and O–H groups in total. The second-order valence-corrected chi connectivity index (χ2v) is 5.52. The van der Waals surface area contributed by atoms with Gasteiger partial charge >= 0.3 is 0 Å². The van der Waals surface area contributed by atoms with Crippen molar-refractivity contribution in [2.24, 2.45) is 0 Å². The molecule has 0 fully saturated rings. The molecule has 0 bridgehead atoms. The van der Waals surface area contributed by atoms with E-state index in [4.69, 9.17) is 9.47 Å². The summed E-state index contributed by atoms with van der Waals surface area (Å²) < 4.78 is 36.4. The van der Waals surface area contributed by atoms with Crippen LogP contribution >= 0.6 is 0 Å². The number of carbonyl (C=O) groups is 2. The second kappa shape index (κ2) is 8.80. The van der Waals surface area contributed by atoms with Gasteiger partial charge in [-0.2, -0.15) is 0 Å². The summed E-state index contributed by atoms with van der Waals surface area (Å²) in [6.45, 7) is 2.90. The van der Waals surface area contributed by atoms with Crippen molar-refractivity contribution in [3.8, 4) is 11.5 Å². The van der Waals surface area contributed by atoms with E-state index in [2.05, 4.69) is 10.9 Å². The minimum atomic E-state index is -0.927. The Kier molecular flexibility index (Phi) is 6.48. The van der Waals surface area contributed by atoms with Crippen molar-refractivity contribution < 1.29 is 27.8 Å². The Balaban J connectivity index is 1.73. The number of hydrogen-bond acceptors (Lipinski definition) is 4. The van der Waals surface area contributed by atoms with Gasteiger partial charge in [-0.3, -0.25) is 20.4 Å². The molecule has 2 amide bonds. The van der Waals surface area contributed by atoms with Crippen LogP contribution in [0.3, 0.4) is 0 Å². The van der Waals surface area contributed by atoms with Gasteiger partial charge in [0.1, 0.15) is 11.6 Å². The summed E-state index contributed by atoms with van der Waals surface area (Å²) in [5, 5.41) is 0. The fraction of sp³-hybridized carbons (Fsp3) is 0.222. The maximum Gasteiger partial charge on any atom is 0.276 e. The van der Waals surface area contributed by atoms with Gasteiger partial charge < -0.3 is 9.47 Å². The molecule has 0 aliphatic heterocycles. The highest BCUT2D eigenvalue weighted by atomic mass is 19.1. The molecule has 2 aromatic carbocycles. The number of nitrogens with one attached hydrogen (secondary N) is 2. The molecular formula is C18H18F2N2O4. The third kappa shape index (κ3) is 5.73. The molecule has 8 heteroatoms. The van der Waals surface area contributed by atoms with E-state index in [0.717, 1.165) is 23.3 Å². The Morgan fingerprint density at radius 1 is 0.885 bits per heavy atom. The van der Waals surface area contributed by atoms with E-state index in [0.29, 0.717) is 11.8 Å². The summed E-state index contributed by atoms with van der Waals surface area (Å²) in [6, 6.07) is 8.30. The van der Waals surface area contributed by atoms with Crippen molar-refractivity contribution >= 4 is 11.8 Å². The lowest BCUT2D eigenvalue weighted by atomic mass is 10.1. The molecule has 0 saturated heterocycles. The van der Waals surface area contributed by atoms with Gasteiger partial charge in [-0.05, 0) is 43.2 Å². The number of aryl methyl sites for hydroxylation is 2. The molecule has 0 heterocycles. The Hall–Kier alpha value is -3.16. The maximum absolute atomic E-state index is 13.4. The van der Waals surface area contributed by atoms with Crippen molar-refractivity contribution in [1.29, 1.82) is 0 Å². The Labute approximate surface area is 149 Å². The van der Waals surface area contributed by atoms with Crippen LogP contribution in [-0.4, -0.2) is 25.0 Å². The van der Waals surface area contributed by atoms with Crippen molar-refractivity contribution in [3.05, 3.63) is 59.2 Å². The van der Waals surface area contributed by atoms with E-state index in [1.807, 2.05) is 26.0 Å². The first kappa shape index (κ1) is 19.2. The van der Waals surface area contributed by atoms with E-state index < -0.39 is 30.1 Å². The van der Waals surface area contributed by atoms with Crippen LogP contribution in [0.15, 0.2) is 36.4 Å². The smallest absolute Gasteiger partial charge is 0.276 e. The first-order valence-corrected chi connectivity index (χ1v) is 7.70. The highest BCUT2D eigenvalue weighted by Crippen LogP contribution is 2.19. The van der Waals surface area contributed by atoms with Crippen LogP contribution in [0.4, 0.5) is 8.78 Å². The lowest BCUT2D eigenvalue weighted by Crippen LogP contribution is -2.45. The fourth-order valence-corrected chi connectivity index (χ4v) is 1.95. The van der Waals surface area contributed by atoms with Gasteiger partial charge in [0, 0.05) is 6.07 Å². The van der Waals surface area contributed by atoms with Gasteiger partial charge in [0.15, 0.2) is 24.8 Å². The minimum absolute atomic E-state index is 0.272. The summed E-state index contributed by atoms with van der Waals surface area (Å²) in [5.41, 5.74) is 6.12. The second-order valence-electron chi connectivity index (χ2n) is 5.52. The quantitative estimate of drug-likeness (QED) is 0.771. The average molecular weight is 364 g/mol. The van der Waals surface area contributed by atoms with Crippen LogP contribution in [0, 0.1) is 25.5 Å². The summed E-state index contributed by atoms with van der Waals surface area (Å²) in [6.07, 6.45) is 0. The predicted octanol–water partition coefficient (Wildman–Crippen LogP) is 2.19. The molecule has 0 saturated carbocycles.